The zero-order valence-corrected chi connectivity index (χ0v) is 12.6. The summed E-state index contributed by atoms with van der Waals surface area (Å²) in [7, 11) is 1.95. The van der Waals surface area contributed by atoms with E-state index in [0.717, 1.165) is 31.4 Å². The average Bonchev–Trinajstić information content (AvgIpc) is 2.77. The third kappa shape index (κ3) is 3.57. The third-order valence-electron chi connectivity index (χ3n) is 4.57. The highest BCUT2D eigenvalue weighted by Gasteiger charge is 2.36. The highest BCUT2D eigenvalue weighted by molar-refractivity contribution is 5.05. The number of nitrogens with one attached hydrogen (secondary N) is 1. The molecule has 0 spiro atoms. The van der Waals surface area contributed by atoms with E-state index in [2.05, 4.69) is 31.2 Å². The fourth-order valence-corrected chi connectivity index (χ4v) is 2.83. The summed E-state index contributed by atoms with van der Waals surface area (Å²) >= 11 is 0. The van der Waals surface area contributed by atoms with Crippen LogP contribution in [0.25, 0.3) is 0 Å². The molecule has 1 unspecified atom stereocenters. The Labute approximate surface area is 116 Å². The van der Waals surface area contributed by atoms with Gasteiger partial charge in [-0.2, -0.15) is 5.10 Å². The minimum absolute atomic E-state index is 0.214. The first-order valence-electron chi connectivity index (χ1n) is 7.25. The van der Waals surface area contributed by atoms with Gasteiger partial charge in [0.15, 0.2) is 0 Å². The van der Waals surface area contributed by atoms with Gasteiger partial charge in [-0.05, 0) is 44.1 Å². The largest absolute Gasteiger partial charge is 0.389 e. The molecular formula is C15H27N3O. The Morgan fingerprint density at radius 3 is 2.53 bits per heavy atom. The fourth-order valence-electron chi connectivity index (χ4n) is 2.83. The maximum Gasteiger partial charge on any atom is 0.0772 e. The van der Waals surface area contributed by atoms with Crippen LogP contribution in [0.3, 0.4) is 0 Å². The quantitative estimate of drug-likeness (QED) is 0.879. The van der Waals surface area contributed by atoms with Crippen LogP contribution in [-0.4, -0.2) is 27.0 Å². The molecule has 1 aromatic heterocycles. The Morgan fingerprint density at radius 1 is 1.37 bits per heavy atom. The molecule has 1 aliphatic rings. The van der Waals surface area contributed by atoms with Gasteiger partial charge >= 0.3 is 0 Å². The second-order valence-corrected chi connectivity index (χ2v) is 6.87. The second-order valence-electron chi connectivity index (χ2n) is 6.87. The number of aromatic nitrogens is 2. The lowest BCUT2D eigenvalue weighted by molar-refractivity contribution is -0.0259. The maximum atomic E-state index is 10.6. The van der Waals surface area contributed by atoms with Gasteiger partial charge in [-0.3, -0.25) is 4.68 Å². The molecule has 0 aliphatic heterocycles. The predicted octanol–water partition coefficient (Wildman–Crippen LogP) is 2.40. The molecule has 108 valence electrons. The van der Waals surface area contributed by atoms with Gasteiger partial charge in [-0.25, -0.2) is 0 Å². The number of nitrogens with zero attached hydrogens (tertiary/aromatic N) is 2. The summed E-state index contributed by atoms with van der Waals surface area (Å²) < 4.78 is 1.88. The number of rotatable bonds is 4. The Bertz CT molecular complexity index is 415. The van der Waals surface area contributed by atoms with Crippen LogP contribution in [-0.2, 0) is 7.05 Å². The molecule has 19 heavy (non-hydrogen) atoms. The van der Waals surface area contributed by atoms with Crippen LogP contribution in [0, 0.1) is 5.41 Å². The van der Waals surface area contributed by atoms with Crippen LogP contribution < -0.4 is 5.32 Å². The molecule has 4 nitrogen and oxygen atoms in total. The topological polar surface area (TPSA) is 50.1 Å². The Morgan fingerprint density at radius 2 is 2.00 bits per heavy atom. The van der Waals surface area contributed by atoms with Crippen molar-refractivity contribution >= 4 is 0 Å². The minimum atomic E-state index is -0.539. The molecule has 0 radical (unpaired) electrons. The number of hydrogen-bond donors (Lipinski definition) is 2. The monoisotopic (exact) mass is 265 g/mol. The third-order valence-corrected chi connectivity index (χ3v) is 4.57. The van der Waals surface area contributed by atoms with Crippen molar-refractivity contribution in [3.63, 3.8) is 0 Å². The lowest BCUT2D eigenvalue weighted by Gasteiger charge is -2.40. The minimum Gasteiger partial charge on any atom is -0.389 e. The maximum absolute atomic E-state index is 10.6. The first kappa shape index (κ1) is 14.5. The summed E-state index contributed by atoms with van der Waals surface area (Å²) in [5.74, 6) is 0. The van der Waals surface area contributed by atoms with E-state index < -0.39 is 5.60 Å². The molecule has 0 aromatic carbocycles. The second kappa shape index (κ2) is 5.25. The molecule has 1 saturated carbocycles. The zero-order chi connectivity index (χ0) is 14.1. The van der Waals surface area contributed by atoms with Crippen LogP contribution in [0.4, 0.5) is 0 Å². The van der Waals surface area contributed by atoms with Crippen LogP contribution >= 0.6 is 0 Å². The zero-order valence-electron chi connectivity index (χ0n) is 12.6. The van der Waals surface area contributed by atoms with Gasteiger partial charge in [-0.15, -0.1) is 0 Å². The molecule has 2 rings (SSSR count). The van der Waals surface area contributed by atoms with Crippen LogP contribution in [0.1, 0.15) is 58.2 Å². The molecule has 1 aromatic rings. The van der Waals surface area contributed by atoms with Gasteiger partial charge in [0.25, 0.3) is 0 Å². The SMILES string of the molecule is CC(NCC1(O)CCC(C)(C)CC1)c1ccnn1C. The molecule has 1 atom stereocenters. The van der Waals surface area contributed by atoms with Gasteiger partial charge in [0, 0.05) is 25.8 Å². The number of aliphatic hydroxyl groups is 1. The van der Waals surface area contributed by atoms with E-state index in [1.807, 2.05) is 24.0 Å². The molecule has 0 bridgehead atoms. The Kier molecular flexibility index (Phi) is 4.02. The summed E-state index contributed by atoms with van der Waals surface area (Å²) in [5.41, 5.74) is 1.00. The predicted molar refractivity (Wildman–Crippen MR) is 76.8 cm³/mol. The van der Waals surface area contributed by atoms with Gasteiger partial charge in [0.1, 0.15) is 0 Å². The molecule has 1 fully saturated rings. The van der Waals surface area contributed by atoms with Crippen molar-refractivity contribution in [2.75, 3.05) is 6.54 Å². The highest BCUT2D eigenvalue weighted by Crippen LogP contribution is 2.40. The first-order valence-corrected chi connectivity index (χ1v) is 7.25. The lowest BCUT2D eigenvalue weighted by atomic mass is 9.71. The standard InChI is InChI=1S/C15H27N3O/c1-12(13-5-10-17-18(13)4)16-11-15(19)8-6-14(2,3)7-9-15/h5,10,12,16,19H,6-9,11H2,1-4H3. The van der Waals surface area contributed by atoms with E-state index in [-0.39, 0.29) is 6.04 Å². The molecule has 0 saturated heterocycles. The average molecular weight is 265 g/mol. The van der Waals surface area contributed by atoms with E-state index in [1.165, 1.54) is 0 Å². The van der Waals surface area contributed by atoms with Gasteiger partial charge in [-0.1, -0.05) is 13.8 Å². The molecular weight excluding hydrogens is 238 g/mol. The molecule has 1 aliphatic carbocycles. The van der Waals surface area contributed by atoms with Gasteiger partial charge < -0.3 is 10.4 Å². The van der Waals surface area contributed by atoms with Crippen LogP contribution in [0.15, 0.2) is 12.3 Å². The van der Waals surface area contributed by atoms with Gasteiger partial charge in [0.2, 0.25) is 0 Å². The van der Waals surface area contributed by atoms with Crippen molar-refractivity contribution in [2.24, 2.45) is 12.5 Å². The smallest absolute Gasteiger partial charge is 0.0772 e. The lowest BCUT2D eigenvalue weighted by Crippen LogP contribution is -2.45. The van der Waals surface area contributed by atoms with Crippen LogP contribution in [0.5, 0.6) is 0 Å². The first-order chi connectivity index (χ1) is 8.81. The van der Waals surface area contributed by atoms with E-state index in [4.69, 9.17) is 0 Å². The van der Waals surface area contributed by atoms with Crippen molar-refractivity contribution in [3.8, 4) is 0 Å². The van der Waals surface area contributed by atoms with E-state index in [1.54, 1.807) is 0 Å². The van der Waals surface area contributed by atoms with Crippen molar-refractivity contribution in [2.45, 2.75) is 58.1 Å². The normalized spacial score (nSPS) is 23.2. The number of aryl methyl sites for hydroxylation is 1. The molecule has 2 N–H and O–H groups in total. The van der Waals surface area contributed by atoms with E-state index in [0.29, 0.717) is 12.0 Å². The fraction of sp³-hybridized carbons (Fsp3) is 0.800. The Balaban J connectivity index is 1.87. The summed E-state index contributed by atoms with van der Waals surface area (Å²) in [6.07, 6.45) is 5.80. The summed E-state index contributed by atoms with van der Waals surface area (Å²) in [6.45, 7) is 7.36. The summed E-state index contributed by atoms with van der Waals surface area (Å²) in [5, 5.41) is 18.3. The molecule has 4 heteroatoms. The summed E-state index contributed by atoms with van der Waals surface area (Å²) in [6, 6.07) is 2.23. The van der Waals surface area contributed by atoms with E-state index in [9.17, 15) is 5.11 Å². The van der Waals surface area contributed by atoms with E-state index >= 15 is 0 Å². The van der Waals surface area contributed by atoms with Crippen LogP contribution in [0.2, 0.25) is 0 Å². The highest BCUT2D eigenvalue weighted by atomic mass is 16.3. The molecule has 0 amide bonds. The van der Waals surface area contributed by atoms with Crippen molar-refractivity contribution in [1.29, 1.82) is 0 Å². The van der Waals surface area contributed by atoms with Crippen molar-refractivity contribution in [1.82, 2.24) is 15.1 Å². The Hall–Kier alpha value is -0.870. The van der Waals surface area contributed by atoms with Gasteiger partial charge in [0.05, 0.1) is 11.3 Å². The van der Waals surface area contributed by atoms with Crippen molar-refractivity contribution < 1.29 is 5.11 Å². The van der Waals surface area contributed by atoms with Crippen molar-refractivity contribution in [3.05, 3.63) is 18.0 Å². The number of hydrogen-bond acceptors (Lipinski definition) is 3. The molecule has 1 heterocycles. The summed E-state index contributed by atoms with van der Waals surface area (Å²) in [4.78, 5) is 0.